The van der Waals surface area contributed by atoms with Crippen molar-refractivity contribution in [2.24, 2.45) is 7.05 Å². The van der Waals surface area contributed by atoms with E-state index in [2.05, 4.69) is 25.6 Å². The summed E-state index contributed by atoms with van der Waals surface area (Å²) in [5.41, 5.74) is -0.249. The number of pyridine rings is 1. The maximum atomic E-state index is 13.0. The minimum absolute atomic E-state index is 0.193. The number of carbonyl (C=O) groups is 1. The normalized spacial score (nSPS) is 11.1. The lowest BCUT2D eigenvalue weighted by atomic mass is 10.2. The van der Waals surface area contributed by atoms with Crippen LogP contribution in [0.15, 0.2) is 30.7 Å². The van der Waals surface area contributed by atoms with Gasteiger partial charge in [-0.05, 0) is 19.1 Å². The highest BCUT2D eigenvalue weighted by Gasteiger charge is 2.23. The minimum atomic E-state index is -2.84. The van der Waals surface area contributed by atoms with E-state index in [-0.39, 0.29) is 11.4 Å². The molecule has 130 valence electrons. The van der Waals surface area contributed by atoms with Crippen LogP contribution in [0.3, 0.4) is 0 Å². The molecule has 0 radical (unpaired) electrons. The van der Waals surface area contributed by atoms with E-state index in [4.69, 9.17) is 0 Å². The Hall–Kier alpha value is -3.17. The van der Waals surface area contributed by atoms with Crippen molar-refractivity contribution >= 4 is 11.7 Å². The maximum absolute atomic E-state index is 13.0. The molecule has 0 aliphatic rings. The fraction of sp³-hybridized carbons (Fsp3) is 0.267. The first-order valence-electron chi connectivity index (χ1n) is 7.48. The summed E-state index contributed by atoms with van der Waals surface area (Å²) in [5.74, 6) is 0.0653. The molecule has 0 saturated heterocycles. The van der Waals surface area contributed by atoms with Crippen molar-refractivity contribution in [3.05, 3.63) is 42.0 Å². The number of aromatic nitrogens is 6. The van der Waals surface area contributed by atoms with Crippen LogP contribution in [0.4, 0.5) is 14.6 Å². The van der Waals surface area contributed by atoms with Crippen LogP contribution in [0, 0.1) is 0 Å². The summed E-state index contributed by atoms with van der Waals surface area (Å²) in [6, 6.07) is 4.97. The van der Waals surface area contributed by atoms with Crippen LogP contribution in [0.25, 0.3) is 11.5 Å². The van der Waals surface area contributed by atoms with Crippen LogP contribution >= 0.6 is 0 Å². The second-order valence-corrected chi connectivity index (χ2v) is 5.21. The third-order valence-electron chi connectivity index (χ3n) is 3.48. The van der Waals surface area contributed by atoms with E-state index < -0.39 is 18.0 Å². The van der Waals surface area contributed by atoms with Gasteiger partial charge in [0.15, 0.2) is 5.82 Å². The van der Waals surface area contributed by atoms with Crippen molar-refractivity contribution in [3.63, 3.8) is 0 Å². The second-order valence-electron chi connectivity index (χ2n) is 5.21. The quantitative estimate of drug-likeness (QED) is 0.765. The van der Waals surface area contributed by atoms with Gasteiger partial charge in [-0.25, -0.2) is 13.8 Å². The number of rotatable bonds is 5. The largest absolute Gasteiger partial charge is 0.313 e. The van der Waals surface area contributed by atoms with E-state index in [1.165, 1.54) is 17.9 Å². The highest BCUT2D eigenvalue weighted by atomic mass is 19.3. The summed E-state index contributed by atoms with van der Waals surface area (Å²) in [6.07, 6.45) is -0.0226. The zero-order chi connectivity index (χ0) is 18.0. The number of amides is 1. The van der Waals surface area contributed by atoms with Crippen LogP contribution < -0.4 is 5.32 Å². The van der Waals surface area contributed by atoms with Crippen molar-refractivity contribution in [2.45, 2.75) is 19.9 Å². The van der Waals surface area contributed by atoms with Crippen LogP contribution in [0.5, 0.6) is 0 Å². The summed E-state index contributed by atoms with van der Waals surface area (Å²) in [5, 5.41) is 14.0. The van der Waals surface area contributed by atoms with E-state index in [1.54, 1.807) is 29.1 Å². The van der Waals surface area contributed by atoms with E-state index in [0.717, 1.165) is 0 Å². The Kier molecular flexibility index (Phi) is 4.50. The Morgan fingerprint density at radius 2 is 2.16 bits per heavy atom. The van der Waals surface area contributed by atoms with Crippen LogP contribution in [-0.2, 0) is 13.6 Å². The van der Waals surface area contributed by atoms with E-state index >= 15 is 0 Å². The van der Waals surface area contributed by atoms with Gasteiger partial charge in [0.05, 0.1) is 5.56 Å². The van der Waals surface area contributed by atoms with Gasteiger partial charge in [0, 0.05) is 19.8 Å². The van der Waals surface area contributed by atoms with Crippen molar-refractivity contribution in [1.29, 1.82) is 0 Å². The number of anilines is 1. The first-order valence-corrected chi connectivity index (χ1v) is 7.48. The maximum Gasteiger partial charge on any atom is 0.282 e. The molecule has 0 fully saturated rings. The van der Waals surface area contributed by atoms with Gasteiger partial charge in [-0.1, -0.05) is 6.07 Å². The smallest absolute Gasteiger partial charge is 0.282 e. The molecule has 0 unspecified atom stereocenters. The average molecular weight is 347 g/mol. The monoisotopic (exact) mass is 347 g/mol. The van der Waals surface area contributed by atoms with Gasteiger partial charge in [0.25, 0.3) is 12.3 Å². The number of alkyl halides is 2. The molecule has 0 aromatic carbocycles. The van der Waals surface area contributed by atoms with Gasteiger partial charge in [0.2, 0.25) is 0 Å². The Balaban J connectivity index is 1.87. The molecule has 25 heavy (non-hydrogen) atoms. The van der Waals surface area contributed by atoms with Gasteiger partial charge in [-0.15, -0.1) is 10.2 Å². The second kappa shape index (κ2) is 6.75. The molecular formula is C15H15F2N7O. The molecule has 1 amide bonds. The highest BCUT2D eigenvalue weighted by molar-refractivity contribution is 6.04. The van der Waals surface area contributed by atoms with E-state index in [9.17, 15) is 13.6 Å². The molecular weight excluding hydrogens is 332 g/mol. The lowest BCUT2D eigenvalue weighted by Crippen LogP contribution is -2.14. The summed E-state index contributed by atoms with van der Waals surface area (Å²) >= 11 is 0. The van der Waals surface area contributed by atoms with Gasteiger partial charge >= 0.3 is 0 Å². The molecule has 0 atom stereocenters. The lowest BCUT2D eigenvalue weighted by molar-refractivity contribution is 0.101. The van der Waals surface area contributed by atoms with Crippen LogP contribution in [0.1, 0.15) is 29.4 Å². The fourth-order valence-electron chi connectivity index (χ4n) is 2.34. The van der Waals surface area contributed by atoms with Crippen LogP contribution in [-0.4, -0.2) is 35.4 Å². The first kappa shape index (κ1) is 16.7. The number of nitrogens with zero attached hydrogens (tertiary/aromatic N) is 6. The number of halogens is 2. The Labute approximate surface area is 141 Å². The van der Waals surface area contributed by atoms with Gasteiger partial charge in [-0.2, -0.15) is 5.10 Å². The van der Waals surface area contributed by atoms with Crippen molar-refractivity contribution < 1.29 is 13.6 Å². The summed E-state index contributed by atoms with van der Waals surface area (Å²) in [4.78, 5) is 16.6. The van der Waals surface area contributed by atoms with Crippen molar-refractivity contribution in [2.75, 3.05) is 5.32 Å². The molecule has 10 heteroatoms. The van der Waals surface area contributed by atoms with Gasteiger partial charge in [0.1, 0.15) is 23.5 Å². The molecule has 0 aliphatic carbocycles. The summed E-state index contributed by atoms with van der Waals surface area (Å²) in [6.45, 7) is 2.60. The molecule has 0 saturated carbocycles. The summed E-state index contributed by atoms with van der Waals surface area (Å²) in [7, 11) is 1.47. The van der Waals surface area contributed by atoms with E-state index in [1.807, 2.05) is 6.92 Å². The van der Waals surface area contributed by atoms with Crippen molar-refractivity contribution in [3.8, 4) is 11.5 Å². The SMILES string of the molecule is CCn1cnnc1-c1cccc(NC(=O)c2cn(C)nc2C(F)F)n1. The topological polar surface area (TPSA) is 90.5 Å². The Bertz CT molecular complexity index is 903. The average Bonchev–Trinajstić information content (AvgIpc) is 3.21. The standard InChI is InChI=1S/C15H15F2N7O/c1-3-24-8-18-21-14(24)10-5-4-6-11(19-10)20-15(25)9-7-23(2)22-12(9)13(16)17/h4-8,13H,3H2,1-2H3,(H,19,20,25). The molecule has 3 aromatic heterocycles. The van der Waals surface area contributed by atoms with Gasteiger partial charge < -0.3 is 9.88 Å². The molecule has 0 bridgehead atoms. The number of carbonyl (C=O) groups excluding carboxylic acids is 1. The Morgan fingerprint density at radius 3 is 2.88 bits per heavy atom. The molecule has 1 N–H and O–H groups in total. The number of hydrogen-bond acceptors (Lipinski definition) is 5. The van der Waals surface area contributed by atoms with Crippen LogP contribution in [0.2, 0.25) is 0 Å². The third-order valence-corrected chi connectivity index (χ3v) is 3.48. The third kappa shape index (κ3) is 3.37. The summed E-state index contributed by atoms with van der Waals surface area (Å²) < 4.78 is 28.9. The minimum Gasteiger partial charge on any atom is -0.313 e. The molecule has 0 spiro atoms. The highest BCUT2D eigenvalue weighted by Crippen LogP contribution is 2.22. The zero-order valence-corrected chi connectivity index (χ0v) is 13.5. The number of aryl methyl sites for hydroxylation is 2. The number of nitrogens with one attached hydrogen (secondary N) is 1. The molecule has 3 heterocycles. The van der Waals surface area contributed by atoms with E-state index in [0.29, 0.717) is 18.1 Å². The number of hydrogen-bond donors (Lipinski definition) is 1. The Morgan fingerprint density at radius 1 is 1.36 bits per heavy atom. The molecule has 0 aliphatic heterocycles. The van der Waals surface area contributed by atoms with Crippen molar-refractivity contribution in [1.82, 2.24) is 29.5 Å². The predicted molar refractivity (Wildman–Crippen MR) is 85.0 cm³/mol. The lowest BCUT2D eigenvalue weighted by Gasteiger charge is -2.07. The fourth-order valence-corrected chi connectivity index (χ4v) is 2.34. The molecule has 3 rings (SSSR count). The predicted octanol–water partition coefficient (Wildman–Crippen LogP) is 2.28. The van der Waals surface area contributed by atoms with Gasteiger partial charge in [-0.3, -0.25) is 9.48 Å². The molecule has 8 nitrogen and oxygen atoms in total. The molecule has 3 aromatic rings. The zero-order valence-electron chi connectivity index (χ0n) is 13.5. The first-order chi connectivity index (χ1) is 12.0.